The zero-order valence-corrected chi connectivity index (χ0v) is 15.7. The maximum atomic E-state index is 13.0. The molecular formula is C19H22FN3O3S. The van der Waals surface area contributed by atoms with Gasteiger partial charge in [-0.05, 0) is 74.2 Å². The molecule has 2 aromatic rings. The van der Waals surface area contributed by atoms with Crippen LogP contribution in [0.25, 0.3) is 0 Å². The first-order valence-electron chi connectivity index (χ1n) is 8.64. The van der Waals surface area contributed by atoms with Crippen molar-refractivity contribution in [3.8, 4) is 0 Å². The highest BCUT2D eigenvalue weighted by Crippen LogP contribution is 2.39. The van der Waals surface area contributed by atoms with Crippen molar-refractivity contribution < 1.29 is 17.6 Å². The molecule has 1 amide bonds. The Labute approximate surface area is 158 Å². The summed E-state index contributed by atoms with van der Waals surface area (Å²) in [5.74, 6) is -0.365. The van der Waals surface area contributed by atoms with E-state index >= 15 is 0 Å². The lowest BCUT2D eigenvalue weighted by Crippen LogP contribution is -2.53. The predicted octanol–water partition coefficient (Wildman–Crippen LogP) is 2.48. The summed E-state index contributed by atoms with van der Waals surface area (Å²) in [5, 5.41) is 2.98. The number of rotatable bonds is 7. The van der Waals surface area contributed by atoms with Crippen LogP contribution in [0, 0.1) is 11.7 Å². The molecule has 4 N–H and O–H groups in total. The minimum Gasteiger partial charge on any atom is -0.345 e. The molecule has 1 fully saturated rings. The summed E-state index contributed by atoms with van der Waals surface area (Å²) in [5.41, 5.74) is 6.11. The molecule has 2 aromatic carbocycles. The van der Waals surface area contributed by atoms with Gasteiger partial charge in [-0.3, -0.25) is 9.52 Å². The van der Waals surface area contributed by atoms with E-state index in [4.69, 9.17) is 5.73 Å². The number of amides is 1. The molecular weight excluding hydrogens is 369 g/mol. The largest absolute Gasteiger partial charge is 0.345 e. The minimum atomic E-state index is -3.83. The van der Waals surface area contributed by atoms with Crippen LogP contribution >= 0.6 is 0 Å². The van der Waals surface area contributed by atoms with E-state index in [1.165, 1.54) is 24.3 Å². The highest BCUT2D eigenvalue weighted by molar-refractivity contribution is 7.92. The number of carbonyl (C=O) groups excluding carboxylic acids is 1. The molecule has 144 valence electrons. The molecule has 8 heteroatoms. The fourth-order valence-corrected chi connectivity index (χ4v) is 3.95. The molecule has 0 heterocycles. The Hall–Kier alpha value is -2.45. The summed E-state index contributed by atoms with van der Waals surface area (Å²) >= 11 is 0. The van der Waals surface area contributed by atoms with Gasteiger partial charge in [-0.1, -0.05) is 0 Å². The molecule has 3 rings (SSSR count). The van der Waals surface area contributed by atoms with Crippen molar-refractivity contribution in [3.05, 3.63) is 59.9 Å². The first-order chi connectivity index (χ1) is 12.7. The van der Waals surface area contributed by atoms with E-state index in [2.05, 4.69) is 10.0 Å². The number of hydrogen-bond acceptors (Lipinski definition) is 4. The maximum absolute atomic E-state index is 13.0. The van der Waals surface area contributed by atoms with E-state index in [-0.39, 0.29) is 10.8 Å². The van der Waals surface area contributed by atoms with E-state index in [9.17, 15) is 17.6 Å². The van der Waals surface area contributed by atoms with Crippen molar-refractivity contribution in [2.24, 2.45) is 11.7 Å². The molecule has 0 bridgehead atoms. The monoisotopic (exact) mass is 391 g/mol. The lowest BCUT2D eigenvalue weighted by molar-refractivity contribution is 0.0898. The first kappa shape index (κ1) is 19.3. The van der Waals surface area contributed by atoms with Gasteiger partial charge in [0.2, 0.25) is 0 Å². The Morgan fingerprint density at radius 1 is 1.15 bits per heavy atom. The number of hydrogen-bond donors (Lipinski definition) is 3. The highest BCUT2D eigenvalue weighted by atomic mass is 32.2. The molecule has 1 aliphatic rings. The molecule has 6 nitrogen and oxygen atoms in total. The van der Waals surface area contributed by atoms with Gasteiger partial charge in [0.05, 0.1) is 10.4 Å². The molecule has 1 saturated carbocycles. The highest BCUT2D eigenvalue weighted by Gasteiger charge is 2.41. The van der Waals surface area contributed by atoms with Gasteiger partial charge in [0.1, 0.15) is 5.82 Å². The summed E-state index contributed by atoms with van der Waals surface area (Å²) < 4.78 is 40.0. The zero-order chi connectivity index (χ0) is 19.7. The Bertz CT molecular complexity index is 926. The van der Waals surface area contributed by atoms with E-state index in [0.717, 1.165) is 25.0 Å². The third-order valence-electron chi connectivity index (χ3n) is 4.82. The van der Waals surface area contributed by atoms with Crippen LogP contribution in [0.5, 0.6) is 0 Å². The van der Waals surface area contributed by atoms with Gasteiger partial charge in [-0.15, -0.1) is 0 Å². The second kappa shape index (κ2) is 7.28. The van der Waals surface area contributed by atoms with E-state index in [1.807, 2.05) is 6.92 Å². The summed E-state index contributed by atoms with van der Waals surface area (Å²) in [4.78, 5) is 12.4. The van der Waals surface area contributed by atoms with Gasteiger partial charge in [-0.25, -0.2) is 12.8 Å². The van der Waals surface area contributed by atoms with Crippen LogP contribution in [0.4, 0.5) is 10.1 Å². The minimum absolute atomic E-state index is 0.0473. The number of anilines is 1. The van der Waals surface area contributed by atoms with Crippen molar-refractivity contribution >= 4 is 21.6 Å². The van der Waals surface area contributed by atoms with Gasteiger partial charge < -0.3 is 11.1 Å². The normalized spacial score (nSPS) is 16.4. The SMILES string of the molecule is CC(CN)(NC(=O)c1ccc(NS(=O)(=O)c2ccc(F)cc2)cc1)C1CC1. The van der Waals surface area contributed by atoms with E-state index < -0.39 is 21.4 Å². The van der Waals surface area contributed by atoms with Crippen molar-refractivity contribution in [1.29, 1.82) is 0 Å². The van der Waals surface area contributed by atoms with Gasteiger partial charge in [0, 0.05) is 17.8 Å². The number of carbonyl (C=O) groups is 1. The van der Waals surface area contributed by atoms with Crippen molar-refractivity contribution in [2.45, 2.75) is 30.2 Å². The summed E-state index contributed by atoms with van der Waals surface area (Å²) in [6.07, 6.45) is 2.11. The summed E-state index contributed by atoms with van der Waals surface area (Å²) in [6.45, 7) is 2.30. The fraction of sp³-hybridized carbons (Fsp3) is 0.316. The second-order valence-corrected chi connectivity index (χ2v) is 8.67. The molecule has 1 atom stereocenters. The van der Waals surface area contributed by atoms with Gasteiger partial charge in [-0.2, -0.15) is 0 Å². The number of nitrogens with one attached hydrogen (secondary N) is 2. The number of nitrogens with two attached hydrogens (primary N) is 1. The van der Waals surface area contributed by atoms with E-state index in [1.54, 1.807) is 12.1 Å². The molecule has 0 aromatic heterocycles. The Morgan fingerprint density at radius 2 is 1.74 bits per heavy atom. The third-order valence-corrected chi connectivity index (χ3v) is 6.22. The standard InChI is InChI=1S/C19H22FN3O3S/c1-19(12-21,14-4-5-14)22-18(24)13-2-8-16(9-3-13)23-27(25,26)17-10-6-15(20)7-11-17/h2-3,6-11,14,23H,4-5,12,21H2,1H3,(H,22,24). The van der Waals surface area contributed by atoms with Gasteiger partial charge in [0.15, 0.2) is 0 Å². The fourth-order valence-electron chi connectivity index (χ4n) is 2.89. The summed E-state index contributed by atoms with van der Waals surface area (Å²) in [7, 11) is -3.83. The van der Waals surface area contributed by atoms with Crippen molar-refractivity contribution in [1.82, 2.24) is 5.32 Å². The van der Waals surface area contributed by atoms with Gasteiger partial charge >= 0.3 is 0 Å². The quantitative estimate of drug-likeness (QED) is 0.675. The van der Waals surface area contributed by atoms with Crippen LogP contribution in [0.3, 0.4) is 0 Å². The molecule has 27 heavy (non-hydrogen) atoms. The number of halogens is 1. The van der Waals surface area contributed by atoms with Gasteiger partial charge in [0.25, 0.3) is 15.9 Å². The van der Waals surface area contributed by atoms with Crippen LogP contribution in [-0.4, -0.2) is 26.4 Å². The molecule has 0 aliphatic heterocycles. The Morgan fingerprint density at radius 3 is 2.26 bits per heavy atom. The van der Waals surface area contributed by atoms with Crippen LogP contribution in [0.2, 0.25) is 0 Å². The average Bonchev–Trinajstić information content (AvgIpc) is 3.48. The third kappa shape index (κ3) is 4.45. The average molecular weight is 391 g/mol. The van der Waals surface area contributed by atoms with Crippen LogP contribution in [0.1, 0.15) is 30.1 Å². The zero-order valence-electron chi connectivity index (χ0n) is 14.9. The molecule has 0 spiro atoms. The molecule has 1 aliphatic carbocycles. The second-order valence-electron chi connectivity index (χ2n) is 6.99. The lowest BCUT2D eigenvalue weighted by Gasteiger charge is -2.29. The predicted molar refractivity (Wildman–Crippen MR) is 101 cm³/mol. The summed E-state index contributed by atoms with van der Waals surface area (Å²) in [6, 6.07) is 10.6. The molecule has 1 unspecified atom stereocenters. The van der Waals surface area contributed by atoms with Crippen LogP contribution in [0.15, 0.2) is 53.4 Å². The van der Waals surface area contributed by atoms with Crippen LogP contribution in [-0.2, 0) is 10.0 Å². The van der Waals surface area contributed by atoms with E-state index in [0.29, 0.717) is 23.7 Å². The van der Waals surface area contributed by atoms with Crippen LogP contribution < -0.4 is 15.8 Å². The Balaban J connectivity index is 1.69. The van der Waals surface area contributed by atoms with Crippen molar-refractivity contribution in [2.75, 3.05) is 11.3 Å². The molecule has 0 radical (unpaired) electrons. The Kier molecular flexibility index (Phi) is 5.21. The first-order valence-corrected chi connectivity index (χ1v) is 10.1. The topological polar surface area (TPSA) is 101 Å². The maximum Gasteiger partial charge on any atom is 0.261 e. The lowest BCUT2D eigenvalue weighted by atomic mass is 9.95. The van der Waals surface area contributed by atoms with Crippen molar-refractivity contribution in [3.63, 3.8) is 0 Å². The number of benzene rings is 2. The number of sulfonamides is 1. The smallest absolute Gasteiger partial charge is 0.261 e. The molecule has 0 saturated heterocycles.